The smallest absolute Gasteiger partial charge is 0.253 e. The van der Waals surface area contributed by atoms with Gasteiger partial charge in [-0.3, -0.25) is 4.79 Å². The number of rotatable bonds is 5. The molecule has 0 spiro atoms. The lowest BCUT2D eigenvalue weighted by molar-refractivity contribution is 0.0724. The van der Waals surface area contributed by atoms with Crippen molar-refractivity contribution in [3.05, 3.63) is 53.2 Å². The lowest BCUT2D eigenvalue weighted by Crippen LogP contribution is -2.35. The van der Waals surface area contributed by atoms with E-state index in [4.69, 9.17) is 0 Å². The Morgan fingerprint density at radius 2 is 1.88 bits per heavy atom. The number of aromatic nitrogens is 2. The minimum atomic E-state index is -0.401. The molecule has 1 fully saturated rings. The van der Waals surface area contributed by atoms with Gasteiger partial charge >= 0.3 is 0 Å². The fourth-order valence-corrected chi connectivity index (χ4v) is 3.01. The highest BCUT2D eigenvalue weighted by Crippen LogP contribution is 2.16. The first-order valence-electron chi connectivity index (χ1n) is 8.80. The minimum Gasteiger partial charge on any atom is -0.363 e. The van der Waals surface area contributed by atoms with Gasteiger partial charge in [-0.25, -0.2) is 14.4 Å². The monoisotopic (exact) mass is 342 g/mol. The normalized spacial score (nSPS) is 14.4. The molecule has 1 amide bonds. The second kappa shape index (κ2) is 8.05. The van der Waals surface area contributed by atoms with E-state index in [2.05, 4.69) is 15.3 Å². The third kappa shape index (κ3) is 4.13. The molecule has 1 aromatic heterocycles. The Labute approximate surface area is 147 Å². The average Bonchev–Trinajstić information content (AvgIpc) is 2.68. The number of benzene rings is 1. The van der Waals surface area contributed by atoms with Crippen molar-refractivity contribution in [3.63, 3.8) is 0 Å². The number of nitrogens with one attached hydrogen (secondary N) is 1. The van der Waals surface area contributed by atoms with Crippen LogP contribution in [0.3, 0.4) is 0 Å². The molecule has 1 aromatic carbocycles. The van der Waals surface area contributed by atoms with Gasteiger partial charge in [-0.1, -0.05) is 19.1 Å². The molecule has 0 aliphatic carbocycles. The van der Waals surface area contributed by atoms with Gasteiger partial charge in [0.25, 0.3) is 5.91 Å². The van der Waals surface area contributed by atoms with Crippen LogP contribution in [0, 0.1) is 5.82 Å². The first-order chi connectivity index (χ1) is 12.2. The number of amides is 1. The maximum atomic E-state index is 14.1. The fraction of sp³-hybridized carbons (Fsp3) is 0.421. The van der Waals surface area contributed by atoms with E-state index in [1.54, 1.807) is 0 Å². The molecule has 6 heteroatoms. The molecular weight excluding hydrogens is 319 g/mol. The maximum absolute atomic E-state index is 14.1. The lowest BCUT2D eigenvalue weighted by Gasteiger charge is -2.26. The van der Waals surface area contributed by atoms with E-state index >= 15 is 0 Å². The van der Waals surface area contributed by atoms with Gasteiger partial charge in [0.2, 0.25) is 0 Å². The Bertz CT molecular complexity index is 727. The Balaban J connectivity index is 1.62. The number of carbonyl (C=O) groups is 1. The van der Waals surface area contributed by atoms with Gasteiger partial charge in [-0.15, -0.1) is 0 Å². The van der Waals surface area contributed by atoms with Gasteiger partial charge < -0.3 is 10.2 Å². The number of likely N-dealkylation sites (tertiary alicyclic amines) is 1. The number of hydrogen-bond acceptors (Lipinski definition) is 4. The summed E-state index contributed by atoms with van der Waals surface area (Å²) in [6.45, 7) is 3.98. The summed E-state index contributed by atoms with van der Waals surface area (Å²) < 4.78 is 14.1. The van der Waals surface area contributed by atoms with E-state index in [1.165, 1.54) is 12.7 Å². The number of hydrogen-bond donors (Lipinski definition) is 1. The van der Waals surface area contributed by atoms with Gasteiger partial charge in [0.05, 0.1) is 5.69 Å². The molecule has 1 aliphatic heterocycles. The summed E-state index contributed by atoms with van der Waals surface area (Å²) in [6.07, 6.45) is 5.25. The van der Waals surface area contributed by atoms with Crippen LogP contribution in [-0.4, -0.2) is 33.9 Å². The van der Waals surface area contributed by atoms with Crippen LogP contribution in [-0.2, 0) is 13.0 Å². The van der Waals surface area contributed by atoms with E-state index in [0.29, 0.717) is 24.2 Å². The first-order valence-corrected chi connectivity index (χ1v) is 8.80. The van der Waals surface area contributed by atoms with Crippen LogP contribution >= 0.6 is 0 Å². The van der Waals surface area contributed by atoms with E-state index in [-0.39, 0.29) is 11.7 Å². The topological polar surface area (TPSA) is 58.1 Å². The highest BCUT2D eigenvalue weighted by Gasteiger charge is 2.17. The molecule has 2 heterocycles. The van der Waals surface area contributed by atoms with Crippen molar-refractivity contribution in [1.82, 2.24) is 14.9 Å². The standard InChI is InChI=1S/C19H23FN4O/c1-2-16-17(20)18(23-13-22-16)21-12-14-6-8-15(9-7-14)19(25)24-10-4-3-5-11-24/h6-9,13H,2-5,10-12H2,1H3,(H,21,22,23). The molecule has 5 nitrogen and oxygen atoms in total. The molecule has 0 atom stereocenters. The molecule has 1 saturated heterocycles. The molecule has 0 radical (unpaired) electrons. The number of aryl methyl sites for hydroxylation is 1. The van der Waals surface area contributed by atoms with Gasteiger partial charge in [0.1, 0.15) is 6.33 Å². The zero-order chi connectivity index (χ0) is 17.6. The first kappa shape index (κ1) is 17.3. The van der Waals surface area contributed by atoms with Gasteiger partial charge in [0.15, 0.2) is 11.6 Å². The fourth-order valence-electron chi connectivity index (χ4n) is 3.01. The average molecular weight is 342 g/mol. The third-order valence-electron chi connectivity index (χ3n) is 4.50. The van der Waals surface area contributed by atoms with Crippen LogP contribution < -0.4 is 5.32 Å². The number of nitrogens with zero attached hydrogens (tertiary/aromatic N) is 3. The summed E-state index contributed by atoms with van der Waals surface area (Å²) in [7, 11) is 0. The van der Waals surface area contributed by atoms with Crippen LogP contribution in [0.5, 0.6) is 0 Å². The number of carbonyl (C=O) groups excluding carboxylic acids is 1. The second-order valence-electron chi connectivity index (χ2n) is 6.24. The number of halogens is 1. The van der Waals surface area contributed by atoms with Crippen LogP contribution in [0.15, 0.2) is 30.6 Å². The molecule has 1 aliphatic rings. The minimum absolute atomic E-state index is 0.0913. The quantitative estimate of drug-likeness (QED) is 0.904. The van der Waals surface area contributed by atoms with E-state index in [0.717, 1.165) is 31.5 Å². The zero-order valence-corrected chi connectivity index (χ0v) is 14.5. The SMILES string of the molecule is CCc1ncnc(NCc2ccc(C(=O)N3CCCCC3)cc2)c1F. The van der Waals surface area contributed by atoms with Crippen molar-refractivity contribution >= 4 is 11.7 Å². The van der Waals surface area contributed by atoms with E-state index in [9.17, 15) is 9.18 Å². The summed E-state index contributed by atoms with van der Waals surface area (Å²) in [5.41, 5.74) is 2.07. The molecule has 0 bridgehead atoms. The van der Waals surface area contributed by atoms with Crippen LogP contribution in [0.2, 0.25) is 0 Å². The molecule has 3 rings (SSSR count). The lowest BCUT2D eigenvalue weighted by atomic mass is 10.1. The molecule has 0 unspecified atom stereocenters. The van der Waals surface area contributed by atoms with Gasteiger partial charge in [-0.2, -0.15) is 0 Å². The number of piperidine rings is 1. The predicted octanol–water partition coefficient (Wildman–Crippen LogP) is 3.42. The molecule has 25 heavy (non-hydrogen) atoms. The molecule has 2 aromatic rings. The molecule has 132 valence electrons. The van der Waals surface area contributed by atoms with Crippen LogP contribution in [0.4, 0.5) is 10.2 Å². The Morgan fingerprint density at radius 1 is 1.16 bits per heavy atom. The third-order valence-corrected chi connectivity index (χ3v) is 4.50. The molecule has 0 saturated carbocycles. The van der Waals surface area contributed by atoms with E-state index in [1.807, 2.05) is 36.1 Å². The van der Waals surface area contributed by atoms with Crippen molar-refractivity contribution < 1.29 is 9.18 Å². The zero-order valence-electron chi connectivity index (χ0n) is 14.5. The van der Waals surface area contributed by atoms with Crippen LogP contribution in [0.1, 0.15) is 47.8 Å². The van der Waals surface area contributed by atoms with Gasteiger partial charge in [-0.05, 0) is 43.4 Å². The van der Waals surface area contributed by atoms with Gasteiger partial charge in [0, 0.05) is 25.2 Å². The predicted molar refractivity (Wildman–Crippen MR) is 94.9 cm³/mol. The Kier molecular flexibility index (Phi) is 5.58. The van der Waals surface area contributed by atoms with Crippen molar-refractivity contribution in [2.75, 3.05) is 18.4 Å². The van der Waals surface area contributed by atoms with Crippen molar-refractivity contribution in [1.29, 1.82) is 0 Å². The van der Waals surface area contributed by atoms with E-state index < -0.39 is 5.82 Å². The Morgan fingerprint density at radius 3 is 2.56 bits per heavy atom. The summed E-state index contributed by atoms with van der Waals surface area (Å²) in [5, 5.41) is 2.99. The summed E-state index contributed by atoms with van der Waals surface area (Å²) >= 11 is 0. The summed E-state index contributed by atoms with van der Waals surface area (Å²) in [5.74, 6) is -0.101. The van der Waals surface area contributed by atoms with Crippen molar-refractivity contribution in [3.8, 4) is 0 Å². The van der Waals surface area contributed by atoms with Crippen molar-refractivity contribution in [2.24, 2.45) is 0 Å². The van der Waals surface area contributed by atoms with Crippen LogP contribution in [0.25, 0.3) is 0 Å². The highest BCUT2D eigenvalue weighted by atomic mass is 19.1. The largest absolute Gasteiger partial charge is 0.363 e. The summed E-state index contributed by atoms with van der Waals surface area (Å²) in [4.78, 5) is 22.2. The number of anilines is 1. The molecule has 1 N–H and O–H groups in total. The molecular formula is C19H23FN4O. The Hall–Kier alpha value is -2.50. The highest BCUT2D eigenvalue weighted by molar-refractivity contribution is 5.94. The maximum Gasteiger partial charge on any atom is 0.253 e. The summed E-state index contributed by atoms with van der Waals surface area (Å²) in [6, 6.07) is 7.46. The van der Waals surface area contributed by atoms with Crippen molar-refractivity contribution in [2.45, 2.75) is 39.2 Å². The second-order valence-corrected chi connectivity index (χ2v) is 6.24.